The van der Waals surface area contributed by atoms with Gasteiger partial charge >= 0.3 is 0 Å². The fraction of sp³-hybridized carbons (Fsp3) is 0.765. The maximum atomic E-state index is 12.4. The van der Waals surface area contributed by atoms with Crippen LogP contribution in [-0.4, -0.2) is 59.5 Å². The number of carbonyl (C=O) groups excluding carboxylic acids is 1. The number of aromatic nitrogens is 2. The Bertz CT molecular complexity index is 495. The van der Waals surface area contributed by atoms with E-state index in [9.17, 15) is 4.79 Å². The average molecular weight is 321 g/mol. The van der Waals surface area contributed by atoms with Crippen molar-refractivity contribution in [3.63, 3.8) is 0 Å². The molecule has 0 radical (unpaired) electrons. The number of hydrogen-bond donors (Lipinski definition) is 1. The third-order valence-electron chi connectivity index (χ3n) is 5.24. The molecular formula is C17H27N3O3. The Kier molecular flexibility index (Phi) is 5.33. The zero-order valence-corrected chi connectivity index (χ0v) is 13.9. The summed E-state index contributed by atoms with van der Waals surface area (Å²) < 4.78 is 11.7. The first kappa shape index (κ1) is 16.5. The van der Waals surface area contributed by atoms with E-state index in [2.05, 4.69) is 10.2 Å². The van der Waals surface area contributed by atoms with Crippen LogP contribution in [0.4, 0.5) is 0 Å². The Balaban J connectivity index is 1.45. The SMILES string of the molecule is CO[C@H]1CCCOC12CCN(C(=O)CCCc1cn[nH]c1)CC2. The van der Waals surface area contributed by atoms with E-state index in [1.807, 2.05) is 17.3 Å². The van der Waals surface area contributed by atoms with Crippen molar-refractivity contribution < 1.29 is 14.3 Å². The molecule has 3 heterocycles. The first-order valence-corrected chi connectivity index (χ1v) is 8.66. The second kappa shape index (κ2) is 7.45. The second-order valence-electron chi connectivity index (χ2n) is 6.62. The number of nitrogens with zero attached hydrogens (tertiary/aromatic N) is 2. The van der Waals surface area contributed by atoms with Crippen molar-refractivity contribution in [2.45, 2.75) is 56.7 Å². The molecule has 0 aliphatic carbocycles. The number of H-pyrrole nitrogens is 1. The Morgan fingerprint density at radius 3 is 3.04 bits per heavy atom. The summed E-state index contributed by atoms with van der Waals surface area (Å²) in [7, 11) is 1.77. The number of likely N-dealkylation sites (tertiary alicyclic amines) is 1. The number of nitrogens with one attached hydrogen (secondary N) is 1. The summed E-state index contributed by atoms with van der Waals surface area (Å²) in [6, 6.07) is 0. The van der Waals surface area contributed by atoms with E-state index < -0.39 is 0 Å². The van der Waals surface area contributed by atoms with E-state index in [4.69, 9.17) is 9.47 Å². The molecule has 0 bridgehead atoms. The van der Waals surface area contributed by atoms with Crippen LogP contribution < -0.4 is 0 Å². The van der Waals surface area contributed by atoms with E-state index in [0.717, 1.165) is 63.8 Å². The smallest absolute Gasteiger partial charge is 0.222 e. The molecule has 1 aromatic rings. The summed E-state index contributed by atoms with van der Waals surface area (Å²) >= 11 is 0. The predicted octanol–water partition coefficient (Wildman–Crippen LogP) is 1.92. The van der Waals surface area contributed by atoms with Gasteiger partial charge in [0, 0.05) is 39.4 Å². The molecule has 1 atom stereocenters. The first-order valence-electron chi connectivity index (χ1n) is 8.66. The van der Waals surface area contributed by atoms with Crippen LogP contribution in [0.3, 0.4) is 0 Å². The molecule has 2 aliphatic rings. The van der Waals surface area contributed by atoms with Gasteiger partial charge in [0.05, 0.1) is 17.9 Å². The van der Waals surface area contributed by atoms with Crippen molar-refractivity contribution in [2.75, 3.05) is 26.8 Å². The Morgan fingerprint density at radius 1 is 1.52 bits per heavy atom. The Hall–Kier alpha value is -1.40. The lowest BCUT2D eigenvalue weighted by molar-refractivity contribution is -0.188. The quantitative estimate of drug-likeness (QED) is 0.900. The van der Waals surface area contributed by atoms with E-state index in [-0.39, 0.29) is 17.6 Å². The highest BCUT2D eigenvalue weighted by molar-refractivity contribution is 5.76. The van der Waals surface area contributed by atoms with Crippen LogP contribution in [0.1, 0.15) is 44.1 Å². The standard InChI is InChI=1S/C17H27N3O3/c1-22-15-5-3-11-23-17(15)7-9-20(10-8-17)16(21)6-2-4-14-12-18-19-13-14/h12-13,15H,2-11H2,1H3,(H,18,19)/t15-/m0/s1. The van der Waals surface area contributed by atoms with Gasteiger partial charge in [-0.25, -0.2) is 0 Å². The zero-order chi connectivity index (χ0) is 16.1. The maximum Gasteiger partial charge on any atom is 0.222 e. The van der Waals surface area contributed by atoms with Crippen molar-refractivity contribution >= 4 is 5.91 Å². The van der Waals surface area contributed by atoms with Crippen molar-refractivity contribution in [1.82, 2.24) is 15.1 Å². The molecular weight excluding hydrogens is 294 g/mol. The number of ether oxygens (including phenoxy) is 2. The van der Waals surface area contributed by atoms with Crippen molar-refractivity contribution in [2.24, 2.45) is 0 Å². The minimum atomic E-state index is -0.166. The predicted molar refractivity (Wildman–Crippen MR) is 86.1 cm³/mol. The van der Waals surface area contributed by atoms with Crippen LogP contribution in [0, 0.1) is 0 Å². The normalized spacial score (nSPS) is 24.0. The fourth-order valence-electron chi connectivity index (χ4n) is 3.85. The van der Waals surface area contributed by atoms with Gasteiger partial charge < -0.3 is 14.4 Å². The van der Waals surface area contributed by atoms with Crippen LogP contribution in [0.25, 0.3) is 0 Å². The van der Waals surface area contributed by atoms with E-state index in [0.29, 0.717) is 6.42 Å². The van der Waals surface area contributed by atoms with Crippen molar-refractivity contribution in [1.29, 1.82) is 0 Å². The number of hydrogen-bond acceptors (Lipinski definition) is 4. The molecule has 2 aliphatic heterocycles. The monoisotopic (exact) mass is 321 g/mol. The van der Waals surface area contributed by atoms with Crippen LogP contribution in [0.5, 0.6) is 0 Å². The molecule has 1 amide bonds. The summed E-state index contributed by atoms with van der Waals surface area (Å²) in [5.74, 6) is 0.258. The minimum absolute atomic E-state index is 0.166. The second-order valence-corrected chi connectivity index (χ2v) is 6.62. The summed E-state index contributed by atoms with van der Waals surface area (Å²) in [5, 5.41) is 6.73. The van der Waals surface area contributed by atoms with Crippen molar-refractivity contribution in [3.05, 3.63) is 18.0 Å². The number of carbonyl (C=O) groups is 1. The fourth-order valence-corrected chi connectivity index (χ4v) is 3.85. The van der Waals surface area contributed by atoms with E-state index in [1.54, 1.807) is 7.11 Å². The summed E-state index contributed by atoms with van der Waals surface area (Å²) in [4.78, 5) is 14.4. The summed E-state index contributed by atoms with van der Waals surface area (Å²) in [5.41, 5.74) is 0.995. The highest BCUT2D eigenvalue weighted by Gasteiger charge is 2.45. The van der Waals surface area contributed by atoms with Gasteiger partial charge in [-0.3, -0.25) is 9.89 Å². The first-order chi connectivity index (χ1) is 11.2. The molecule has 23 heavy (non-hydrogen) atoms. The number of aromatic amines is 1. The van der Waals surface area contributed by atoms with E-state index >= 15 is 0 Å². The number of methoxy groups -OCH3 is 1. The average Bonchev–Trinajstić information content (AvgIpc) is 3.09. The third kappa shape index (κ3) is 3.75. The van der Waals surface area contributed by atoms with Gasteiger partial charge in [0.15, 0.2) is 0 Å². The molecule has 0 aromatic carbocycles. The molecule has 2 saturated heterocycles. The van der Waals surface area contributed by atoms with Crippen molar-refractivity contribution in [3.8, 4) is 0 Å². The molecule has 1 N–H and O–H groups in total. The largest absolute Gasteiger partial charge is 0.378 e. The molecule has 0 unspecified atom stereocenters. The topological polar surface area (TPSA) is 67.5 Å². The number of piperidine rings is 1. The van der Waals surface area contributed by atoms with Gasteiger partial charge in [-0.2, -0.15) is 5.10 Å². The molecule has 0 saturated carbocycles. The zero-order valence-electron chi connectivity index (χ0n) is 13.9. The maximum absolute atomic E-state index is 12.4. The third-order valence-corrected chi connectivity index (χ3v) is 5.24. The summed E-state index contributed by atoms with van der Waals surface area (Å²) in [6.45, 7) is 2.38. The molecule has 2 fully saturated rings. The molecule has 6 heteroatoms. The molecule has 128 valence electrons. The summed E-state index contributed by atoms with van der Waals surface area (Å²) in [6.07, 6.45) is 10.2. The Morgan fingerprint density at radius 2 is 2.35 bits per heavy atom. The van der Waals surface area contributed by atoms with Gasteiger partial charge in [0.2, 0.25) is 5.91 Å². The number of amides is 1. The lowest BCUT2D eigenvalue weighted by Crippen LogP contribution is -2.56. The van der Waals surface area contributed by atoms with Crippen LogP contribution in [0.2, 0.25) is 0 Å². The number of aryl methyl sites for hydroxylation is 1. The highest BCUT2D eigenvalue weighted by Crippen LogP contribution is 2.36. The lowest BCUT2D eigenvalue weighted by Gasteiger charge is -2.48. The van der Waals surface area contributed by atoms with E-state index in [1.165, 1.54) is 0 Å². The van der Waals surface area contributed by atoms with Gasteiger partial charge in [-0.05, 0) is 44.1 Å². The van der Waals surface area contributed by atoms with Gasteiger partial charge in [-0.15, -0.1) is 0 Å². The molecule has 3 rings (SSSR count). The van der Waals surface area contributed by atoms with Gasteiger partial charge in [-0.1, -0.05) is 0 Å². The molecule has 1 aromatic heterocycles. The lowest BCUT2D eigenvalue weighted by atomic mass is 9.81. The van der Waals surface area contributed by atoms with Gasteiger partial charge in [0.1, 0.15) is 0 Å². The van der Waals surface area contributed by atoms with Crippen LogP contribution in [-0.2, 0) is 20.7 Å². The minimum Gasteiger partial charge on any atom is -0.378 e. The Labute approximate surface area is 137 Å². The van der Waals surface area contributed by atoms with Crippen LogP contribution in [0.15, 0.2) is 12.4 Å². The number of rotatable bonds is 5. The molecule has 1 spiro atoms. The van der Waals surface area contributed by atoms with Gasteiger partial charge in [0.25, 0.3) is 0 Å². The molecule has 6 nitrogen and oxygen atoms in total. The van der Waals surface area contributed by atoms with Crippen LogP contribution >= 0.6 is 0 Å². The highest BCUT2D eigenvalue weighted by atomic mass is 16.5.